The maximum absolute atomic E-state index is 13.4. The smallest absolute Gasteiger partial charge is 0.320 e. The molecular formula is C29H29NO2S. The zero-order chi connectivity index (χ0) is 22.9. The Kier molecular flexibility index (Phi) is 8.15. The van der Waals surface area contributed by atoms with Crippen LogP contribution in [0.15, 0.2) is 96.0 Å². The van der Waals surface area contributed by atoms with Crippen LogP contribution in [-0.4, -0.2) is 17.6 Å². The van der Waals surface area contributed by atoms with Gasteiger partial charge in [0.1, 0.15) is 12.5 Å². The first-order chi connectivity index (χ1) is 16.3. The summed E-state index contributed by atoms with van der Waals surface area (Å²) in [7, 11) is 0. The van der Waals surface area contributed by atoms with Crippen LogP contribution in [0.4, 0.5) is 0 Å². The molecule has 0 N–H and O–H groups in total. The quantitative estimate of drug-likeness (QED) is 0.342. The van der Waals surface area contributed by atoms with Crippen LogP contribution in [0.5, 0.6) is 0 Å². The summed E-state index contributed by atoms with van der Waals surface area (Å²) in [6, 6.07) is 28.2. The summed E-state index contributed by atoms with van der Waals surface area (Å²) in [4.78, 5) is 19.4. The van der Waals surface area contributed by atoms with E-state index in [0.717, 1.165) is 35.4 Å². The molecule has 0 radical (unpaired) electrons. The van der Waals surface area contributed by atoms with E-state index in [-0.39, 0.29) is 12.6 Å². The summed E-state index contributed by atoms with van der Waals surface area (Å²) in [5.41, 5.74) is 4.46. The molecule has 3 aromatic rings. The number of thioether (sulfide) groups is 1. The van der Waals surface area contributed by atoms with Gasteiger partial charge < -0.3 is 4.74 Å². The van der Waals surface area contributed by atoms with E-state index in [4.69, 9.17) is 9.73 Å². The van der Waals surface area contributed by atoms with Crippen molar-refractivity contribution in [2.24, 2.45) is 4.99 Å². The summed E-state index contributed by atoms with van der Waals surface area (Å²) >= 11 is 1.61. The molecule has 1 unspecified atom stereocenters. The van der Waals surface area contributed by atoms with Crippen LogP contribution in [0.2, 0.25) is 0 Å². The van der Waals surface area contributed by atoms with Gasteiger partial charge in [-0.15, -0.1) is 0 Å². The van der Waals surface area contributed by atoms with Crippen molar-refractivity contribution in [1.29, 1.82) is 0 Å². The Labute approximate surface area is 200 Å². The van der Waals surface area contributed by atoms with Crippen molar-refractivity contribution in [2.75, 3.05) is 6.54 Å². The van der Waals surface area contributed by atoms with Gasteiger partial charge in [-0.3, -0.25) is 9.79 Å². The zero-order valence-corrected chi connectivity index (χ0v) is 19.8. The molecule has 4 rings (SSSR count). The maximum Gasteiger partial charge on any atom is 0.320 e. The lowest BCUT2D eigenvalue weighted by Gasteiger charge is -2.20. The van der Waals surface area contributed by atoms with E-state index in [1.165, 1.54) is 16.0 Å². The van der Waals surface area contributed by atoms with E-state index in [1.54, 1.807) is 11.8 Å². The van der Waals surface area contributed by atoms with Gasteiger partial charge in [-0.25, -0.2) is 0 Å². The molecule has 0 spiro atoms. The molecule has 1 heterocycles. The van der Waals surface area contributed by atoms with Gasteiger partial charge >= 0.3 is 5.97 Å². The second kappa shape index (κ2) is 11.7. The normalized spacial score (nSPS) is 14.6. The fourth-order valence-corrected chi connectivity index (χ4v) is 5.20. The number of nitrogens with zero attached hydrogens (tertiary/aromatic N) is 1. The van der Waals surface area contributed by atoms with E-state index < -0.39 is 5.92 Å². The molecule has 3 aromatic carbocycles. The van der Waals surface area contributed by atoms with Crippen molar-refractivity contribution in [3.05, 3.63) is 113 Å². The number of esters is 1. The number of aryl methyl sites for hydroxylation is 1. The predicted molar refractivity (Wildman–Crippen MR) is 138 cm³/mol. The van der Waals surface area contributed by atoms with Crippen molar-refractivity contribution >= 4 is 27.7 Å². The second-order valence-electron chi connectivity index (χ2n) is 8.02. The fraction of sp³-hybridized carbons (Fsp3) is 0.241. The average molecular weight is 456 g/mol. The number of carbonyl (C=O) groups is 1. The third-order valence-corrected chi connectivity index (χ3v) is 6.76. The Morgan fingerprint density at radius 3 is 2.42 bits per heavy atom. The molecule has 33 heavy (non-hydrogen) atoms. The van der Waals surface area contributed by atoms with Gasteiger partial charge in [-0.1, -0.05) is 116 Å². The minimum absolute atomic E-state index is 0.253. The predicted octanol–water partition coefficient (Wildman–Crippen LogP) is 7.04. The van der Waals surface area contributed by atoms with Crippen molar-refractivity contribution < 1.29 is 9.53 Å². The van der Waals surface area contributed by atoms with Crippen LogP contribution in [0.25, 0.3) is 4.91 Å². The molecule has 0 aliphatic carbocycles. The Morgan fingerprint density at radius 1 is 0.970 bits per heavy atom. The van der Waals surface area contributed by atoms with Gasteiger partial charge in [-0.2, -0.15) is 0 Å². The van der Waals surface area contributed by atoms with Crippen molar-refractivity contribution in [3.8, 4) is 0 Å². The van der Waals surface area contributed by atoms with Crippen LogP contribution < -0.4 is 0 Å². The van der Waals surface area contributed by atoms with Gasteiger partial charge in [-0.05, 0) is 35.1 Å². The van der Waals surface area contributed by atoms with E-state index in [0.29, 0.717) is 6.54 Å². The first-order valence-electron chi connectivity index (χ1n) is 11.5. The molecule has 0 aromatic heterocycles. The van der Waals surface area contributed by atoms with E-state index in [1.807, 2.05) is 60.7 Å². The molecule has 1 aliphatic heterocycles. The molecule has 0 bridgehead atoms. The summed E-state index contributed by atoms with van der Waals surface area (Å²) in [6.07, 6.45) is 5.23. The molecule has 0 fully saturated rings. The SMILES string of the molecule is CCCc1ccccc1C1=CCCN=C(C(C(=O)OCc2ccccc2)c2ccccc2)S1. The number of benzene rings is 3. The van der Waals surface area contributed by atoms with Crippen LogP contribution in [-0.2, 0) is 22.6 Å². The fourth-order valence-electron chi connectivity index (χ4n) is 3.96. The summed E-state index contributed by atoms with van der Waals surface area (Å²) in [5.74, 6) is -0.806. The Morgan fingerprint density at radius 2 is 1.67 bits per heavy atom. The molecule has 0 saturated heterocycles. The third-order valence-electron chi connectivity index (χ3n) is 5.58. The number of rotatable bonds is 8. The van der Waals surface area contributed by atoms with E-state index in [9.17, 15) is 4.79 Å². The number of aliphatic imine (C=N–C) groups is 1. The highest BCUT2D eigenvalue weighted by Gasteiger charge is 2.30. The molecule has 0 saturated carbocycles. The number of carbonyl (C=O) groups excluding carboxylic acids is 1. The van der Waals surface area contributed by atoms with Gasteiger partial charge in [0.2, 0.25) is 0 Å². The van der Waals surface area contributed by atoms with Gasteiger partial charge in [0, 0.05) is 11.4 Å². The molecule has 1 atom stereocenters. The van der Waals surface area contributed by atoms with Crippen LogP contribution >= 0.6 is 11.8 Å². The highest BCUT2D eigenvalue weighted by atomic mass is 32.2. The number of hydrogen-bond donors (Lipinski definition) is 0. The summed E-state index contributed by atoms with van der Waals surface area (Å²) in [5, 5.41) is 0.800. The molecule has 3 nitrogen and oxygen atoms in total. The summed E-state index contributed by atoms with van der Waals surface area (Å²) in [6.45, 7) is 3.12. The average Bonchev–Trinajstić information content (AvgIpc) is 3.11. The first-order valence-corrected chi connectivity index (χ1v) is 12.3. The Hall–Kier alpha value is -3.11. The largest absolute Gasteiger partial charge is 0.460 e. The highest BCUT2D eigenvalue weighted by Crippen LogP contribution is 2.38. The monoisotopic (exact) mass is 455 g/mol. The minimum atomic E-state index is -0.542. The standard InChI is InChI=1S/C29H29NO2S/c1-2-12-23-15-9-10-18-25(23)26-19-11-20-30-28(33-26)27(24-16-7-4-8-17-24)29(31)32-21-22-13-5-3-6-14-22/h3-10,13-19,27H,2,11-12,20-21H2,1H3. The number of ether oxygens (including phenoxy) is 1. The molecule has 0 amide bonds. The minimum Gasteiger partial charge on any atom is -0.460 e. The number of hydrogen-bond acceptors (Lipinski definition) is 4. The van der Waals surface area contributed by atoms with Crippen LogP contribution in [0.3, 0.4) is 0 Å². The van der Waals surface area contributed by atoms with E-state index in [2.05, 4.69) is 37.3 Å². The molecule has 168 valence electrons. The van der Waals surface area contributed by atoms with Crippen LogP contribution in [0.1, 0.15) is 47.9 Å². The molecule has 4 heteroatoms. The highest BCUT2D eigenvalue weighted by molar-refractivity contribution is 8.21. The van der Waals surface area contributed by atoms with E-state index >= 15 is 0 Å². The van der Waals surface area contributed by atoms with Crippen molar-refractivity contribution in [2.45, 2.75) is 38.7 Å². The second-order valence-corrected chi connectivity index (χ2v) is 9.09. The first kappa shape index (κ1) is 23.1. The molecule has 1 aliphatic rings. The lowest BCUT2D eigenvalue weighted by atomic mass is 10.0. The van der Waals surface area contributed by atoms with Gasteiger partial charge in [0.25, 0.3) is 0 Å². The third kappa shape index (κ3) is 6.02. The maximum atomic E-state index is 13.4. The van der Waals surface area contributed by atoms with Crippen LogP contribution in [0, 0.1) is 0 Å². The van der Waals surface area contributed by atoms with Crippen molar-refractivity contribution in [3.63, 3.8) is 0 Å². The molecular weight excluding hydrogens is 426 g/mol. The van der Waals surface area contributed by atoms with Crippen molar-refractivity contribution in [1.82, 2.24) is 0 Å². The zero-order valence-electron chi connectivity index (χ0n) is 18.9. The summed E-state index contributed by atoms with van der Waals surface area (Å²) < 4.78 is 5.79. The topological polar surface area (TPSA) is 38.7 Å². The Balaban J connectivity index is 1.62. The van der Waals surface area contributed by atoms with Gasteiger partial charge in [0.05, 0.1) is 5.04 Å². The lowest BCUT2D eigenvalue weighted by Crippen LogP contribution is -2.23. The Bertz CT molecular complexity index is 1120. The lowest BCUT2D eigenvalue weighted by molar-refractivity contribution is -0.144. The van der Waals surface area contributed by atoms with Gasteiger partial charge in [0.15, 0.2) is 0 Å².